The number of aliphatic hydroxyl groups excluding tert-OH is 1. The molecule has 0 bridgehead atoms. The first-order valence-corrected chi connectivity index (χ1v) is 11.1. The summed E-state index contributed by atoms with van der Waals surface area (Å²) in [4.78, 5) is 4.77. The highest BCUT2D eigenvalue weighted by Crippen LogP contribution is 2.30. The fourth-order valence-electron chi connectivity index (χ4n) is 3.68. The molecule has 154 valence electrons. The molecule has 8 heteroatoms. The third-order valence-electron chi connectivity index (χ3n) is 5.43. The predicted molar refractivity (Wildman–Crippen MR) is 119 cm³/mol. The Kier molecular flexibility index (Phi) is 11.6. The van der Waals surface area contributed by atoms with Crippen molar-refractivity contribution >= 4 is 40.7 Å². The zero-order valence-electron chi connectivity index (χ0n) is 16.2. The van der Waals surface area contributed by atoms with Crippen LogP contribution in [0.1, 0.15) is 52.4 Å². The van der Waals surface area contributed by atoms with Gasteiger partial charge in [0.1, 0.15) is 0 Å². The van der Waals surface area contributed by atoms with Crippen LogP contribution in [0.15, 0.2) is 4.99 Å². The first-order chi connectivity index (χ1) is 12.1. The highest BCUT2D eigenvalue weighted by Gasteiger charge is 2.32. The number of nitrogens with one attached hydrogen (secondary N) is 2. The smallest absolute Gasteiger partial charge is 0.191 e. The van der Waals surface area contributed by atoms with Crippen LogP contribution in [0.5, 0.6) is 0 Å². The molecule has 0 aromatic carbocycles. The van der Waals surface area contributed by atoms with E-state index in [4.69, 9.17) is 9.73 Å². The van der Waals surface area contributed by atoms with E-state index in [9.17, 15) is 9.32 Å². The summed E-state index contributed by atoms with van der Waals surface area (Å²) in [6.07, 6.45) is 5.94. The molecule has 3 N–H and O–H groups in total. The van der Waals surface area contributed by atoms with E-state index in [1.165, 1.54) is 0 Å². The van der Waals surface area contributed by atoms with Gasteiger partial charge in [-0.3, -0.25) is 9.20 Å². The van der Waals surface area contributed by atoms with Gasteiger partial charge in [-0.25, -0.2) is 0 Å². The van der Waals surface area contributed by atoms with E-state index < -0.39 is 10.8 Å². The molecule has 1 saturated carbocycles. The summed E-state index contributed by atoms with van der Waals surface area (Å²) < 4.78 is 17.6. The van der Waals surface area contributed by atoms with Crippen molar-refractivity contribution in [3.8, 4) is 0 Å². The molecule has 0 aromatic rings. The number of aliphatic hydroxyl groups is 1. The van der Waals surface area contributed by atoms with Crippen molar-refractivity contribution in [2.75, 3.05) is 38.7 Å². The van der Waals surface area contributed by atoms with Crippen molar-refractivity contribution in [3.05, 3.63) is 0 Å². The van der Waals surface area contributed by atoms with Crippen LogP contribution in [0.3, 0.4) is 0 Å². The van der Waals surface area contributed by atoms with Crippen molar-refractivity contribution in [2.24, 2.45) is 10.4 Å². The fraction of sp³-hybridized carbons (Fsp3) is 0.944. The fourth-order valence-corrected chi connectivity index (χ4v) is 5.03. The Morgan fingerprint density at radius 1 is 1.31 bits per heavy atom. The second-order valence-electron chi connectivity index (χ2n) is 7.26. The minimum atomic E-state index is -0.716. The van der Waals surface area contributed by atoms with Gasteiger partial charge in [-0.2, -0.15) is 0 Å². The summed E-state index contributed by atoms with van der Waals surface area (Å²) in [5.74, 6) is 1.56. The van der Waals surface area contributed by atoms with E-state index in [0.717, 1.165) is 56.8 Å². The Labute approximate surface area is 177 Å². The molecule has 6 nitrogen and oxygen atoms in total. The average Bonchev–Trinajstić information content (AvgIpc) is 2.66. The van der Waals surface area contributed by atoms with Gasteiger partial charge in [0.25, 0.3) is 0 Å². The maximum atomic E-state index is 12.1. The van der Waals surface area contributed by atoms with E-state index in [1.807, 2.05) is 6.92 Å². The van der Waals surface area contributed by atoms with Crippen LogP contribution in [0.25, 0.3) is 0 Å². The molecule has 0 radical (unpaired) electrons. The second-order valence-corrected chi connectivity index (χ2v) is 9.27. The minimum absolute atomic E-state index is 0. The number of nitrogens with zero attached hydrogens (tertiary/aromatic N) is 1. The minimum Gasteiger partial charge on any atom is -0.396 e. The maximum absolute atomic E-state index is 12.1. The third kappa shape index (κ3) is 7.24. The summed E-state index contributed by atoms with van der Waals surface area (Å²) in [7, 11) is -0.716. The van der Waals surface area contributed by atoms with Crippen molar-refractivity contribution in [3.63, 3.8) is 0 Å². The van der Waals surface area contributed by atoms with Gasteiger partial charge in [0.05, 0.1) is 13.2 Å². The number of ether oxygens (including phenoxy) is 1. The Hall–Kier alpha value is 0.0700. The standard InChI is InChI=1S/C18H35N3O3S.HI/c1-3-19-17(20-13-18(14-22)8-10-24-11-9-18)21-15-6-5-7-16(12-15)25(23)4-2;/h15-16,22H,3-14H2,1-2H3,(H2,19,20,21);1H. The van der Waals surface area contributed by atoms with Crippen LogP contribution in [0, 0.1) is 5.41 Å². The third-order valence-corrected chi connectivity index (χ3v) is 7.17. The summed E-state index contributed by atoms with van der Waals surface area (Å²) in [5.41, 5.74) is -0.153. The molecule has 2 fully saturated rings. The monoisotopic (exact) mass is 501 g/mol. The van der Waals surface area contributed by atoms with Crippen LogP contribution in [-0.4, -0.2) is 65.2 Å². The first kappa shape index (κ1) is 24.1. The quantitative estimate of drug-likeness (QED) is 0.283. The van der Waals surface area contributed by atoms with Crippen molar-refractivity contribution in [1.82, 2.24) is 10.6 Å². The molecule has 1 heterocycles. The molecular weight excluding hydrogens is 465 g/mol. The molecule has 0 aromatic heterocycles. The lowest BCUT2D eigenvalue weighted by molar-refractivity contribution is -0.0106. The van der Waals surface area contributed by atoms with E-state index >= 15 is 0 Å². The number of halogens is 1. The lowest BCUT2D eigenvalue weighted by atomic mass is 9.81. The molecule has 0 amide bonds. The molecular formula is C18H36IN3O3S. The van der Waals surface area contributed by atoms with Crippen molar-refractivity contribution < 1.29 is 14.1 Å². The molecule has 3 atom stereocenters. The number of aliphatic imine (C=N–C) groups is 1. The molecule has 1 aliphatic carbocycles. The Bertz CT molecular complexity index is 459. The summed E-state index contributed by atoms with van der Waals surface area (Å²) in [5, 5.41) is 17.0. The highest BCUT2D eigenvalue weighted by molar-refractivity contribution is 14.0. The number of hydrogen-bond donors (Lipinski definition) is 3. The van der Waals surface area contributed by atoms with E-state index in [-0.39, 0.29) is 36.0 Å². The summed E-state index contributed by atoms with van der Waals surface area (Å²) >= 11 is 0. The van der Waals surface area contributed by atoms with Gasteiger partial charge in [0, 0.05) is 53.0 Å². The number of guanidine groups is 1. The summed E-state index contributed by atoms with van der Waals surface area (Å²) in [6, 6.07) is 0.326. The van der Waals surface area contributed by atoms with Gasteiger partial charge in [-0.15, -0.1) is 24.0 Å². The van der Waals surface area contributed by atoms with Crippen LogP contribution >= 0.6 is 24.0 Å². The van der Waals surface area contributed by atoms with Gasteiger partial charge in [0.2, 0.25) is 0 Å². The van der Waals surface area contributed by atoms with Crippen LogP contribution < -0.4 is 10.6 Å². The predicted octanol–water partition coefficient (Wildman–Crippen LogP) is 2.03. The SMILES string of the molecule is CCNC(=NCC1(CO)CCOCC1)NC1CCCC(S(=O)CC)C1.I. The molecule has 2 aliphatic rings. The lowest BCUT2D eigenvalue weighted by Gasteiger charge is -2.34. The van der Waals surface area contributed by atoms with Gasteiger partial charge >= 0.3 is 0 Å². The first-order valence-electron chi connectivity index (χ1n) is 9.73. The van der Waals surface area contributed by atoms with Crippen LogP contribution in [0.4, 0.5) is 0 Å². The van der Waals surface area contributed by atoms with E-state index in [1.54, 1.807) is 0 Å². The molecule has 1 saturated heterocycles. The highest BCUT2D eigenvalue weighted by atomic mass is 127. The van der Waals surface area contributed by atoms with Gasteiger partial charge in [0.15, 0.2) is 5.96 Å². The Balaban J connectivity index is 0.00000338. The zero-order chi connectivity index (χ0) is 18.1. The maximum Gasteiger partial charge on any atom is 0.191 e. The van der Waals surface area contributed by atoms with Gasteiger partial charge in [-0.05, 0) is 39.0 Å². The Morgan fingerprint density at radius 3 is 2.65 bits per heavy atom. The van der Waals surface area contributed by atoms with Crippen molar-refractivity contribution in [1.29, 1.82) is 0 Å². The molecule has 26 heavy (non-hydrogen) atoms. The molecule has 1 aliphatic heterocycles. The zero-order valence-corrected chi connectivity index (χ0v) is 19.3. The van der Waals surface area contributed by atoms with Gasteiger partial charge in [-0.1, -0.05) is 13.3 Å². The molecule has 2 rings (SSSR count). The van der Waals surface area contributed by atoms with Crippen molar-refractivity contribution in [2.45, 2.75) is 63.7 Å². The number of hydrogen-bond acceptors (Lipinski definition) is 4. The average molecular weight is 501 g/mol. The normalized spacial score (nSPS) is 27.3. The second kappa shape index (κ2) is 12.5. The summed E-state index contributed by atoms with van der Waals surface area (Å²) in [6.45, 7) is 7.03. The van der Waals surface area contributed by atoms with Gasteiger partial charge < -0.3 is 20.5 Å². The van der Waals surface area contributed by atoms with Crippen LogP contribution in [0.2, 0.25) is 0 Å². The van der Waals surface area contributed by atoms with Crippen LogP contribution in [-0.2, 0) is 15.5 Å². The molecule has 0 spiro atoms. The van der Waals surface area contributed by atoms with E-state index in [2.05, 4.69) is 17.6 Å². The largest absolute Gasteiger partial charge is 0.396 e. The van der Waals surface area contributed by atoms with E-state index in [0.29, 0.717) is 31.1 Å². The topological polar surface area (TPSA) is 83.0 Å². The number of rotatable bonds is 7. The lowest BCUT2D eigenvalue weighted by Crippen LogP contribution is -2.47. The molecule has 3 unspecified atom stereocenters. The Morgan fingerprint density at radius 2 is 2.04 bits per heavy atom.